The highest BCUT2D eigenvalue weighted by molar-refractivity contribution is 5.76. The van der Waals surface area contributed by atoms with Gasteiger partial charge in [-0.3, -0.25) is 0 Å². The van der Waals surface area contributed by atoms with Crippen LogP contribution in [0.4, 0.5) is 0 Å². The van der Waals surface area contributed by atoms with Crippen molar-refractivity contribution in [3.8, 4) is 45.6 Å². The van der Waals surface area contributed by atoms with Crippen molar-refractivity contribution in [3.63, 3.8) is 0 Å². The van der Waals surface area contributed by atoms with Crippen LogP contribution in [0.5, 0.6) is 34.5 Å². The van der Waals surface area contributed by atoms with E-state index in [1.54, 1.807) is 40.6 Å². The summed E-state index contributed by atoms with van der Waals surface area (Å²) in [5.41, 5.74) is 5.94. The molecule has 0 unspecified atom stereocenters. The van der Waals surface area contributed by atoms with E-state index in [1.807, 2.05) is 48.5 Å². The molecule has 0 aliphatic heterocycles. The molecule has 0 heterocycles. The van der Waals surface area contributed by atoms with Gasteiger partial charge in [-0.1, -0.05) is 24.3 Å². The van der Waals surface area contributed by atoms with Crippen LogP contribution in [0.15, 0.2) is 72.8 Å². The van der Waals surface area contributed by atoms with Gasteiger partial charge in [-0.05, 0) is 108 Å². The number of hydrogen-bond acceptors (Lipinski definition) is 6. The van der Waals surface area contributed by atoms with Crippen molar-refractivity contribution in [1.29, 1.82) is 0 Å². The third kappa shape index (κ3) is 6.14. The molecule has 0 saturated heterocycles. The minimum absolute atomic E-state index is 0.0432. The van der Waals surface area contributed by atoms with Crippen LogP contribution in [-0.4, -0.2) is 38.7 Å². The van der Waals surface area contributed by atoms with Crippen molar-refractivity contribution in [2.24, 2.45) is 0 Å². The van der Waals surface area contributed by atoms with E-state index in [4.69, 9.17) is 18.9 Å². The van der Waals surface area contributed by atoms with E-state index in [-0.39, 0.29) is 11.5 Å². The van der Waals surface area contributed by atoms with E-state index in [9.17, 15) is 10.2 Å². The SMILES string of the molecule is COc1cccc(CCc2cc(OC)c(O)cc2-c2cc(O)c(OC)cc2CCc2cccc(OC)c2)c1. The van der Waals surface area contributed by atoms with Crippen LogP contribution >= 0.6 is 0 Å². The zero-order chi connectivity index (χ0) is 27.1. The maximum absolute atomic E-state index is 10.7. The van der Waals surface area contributed by atoms with Gasteiger partial charge in [0, 0.05) is 0 Å². The summed E-state index contributed by atoms with van der Waals surface area (Å²) in [4.78, 5) is 0. The Morgan fingerprint density at radius 3 is 1.29 bits per heavy atom. The molecule has 0 aromatic heterocycles. The van der Waals surface area contributed by atoms with Gasteiger partial charge in [0.25, 0.3) is 0 Å². The van der Waals surface area contributed by atoms with Crippen LogP contribution in [0.1, 0.15) is 22.3 Å². The molecular weight excluding hydrogens is 480 g/mol. The summed E-state index contributed by atoms with van der Waals surface area (Å²) >= 11 is 0. The van der Waals surface area contributed by atoms with Gasteiger partial charge >= 0.3 is 0 Å². The highest BCUT2D eigenvalue weighted by Gasteiger charge is 2.18. The molecule has 0 saturated carbocycles. The molecule has 2 N–H and O–H groups in total. The number of ether oxygens (including phenoxy) is 4. The number of hydrogen-bond donors (Lipinski definition) is 2. The number of phenolic OH excluding ortho intramolecular Hbond substituents is 2. The van der Waals surface area contributed by atoms with Gasteiger partial charge in [0.1, 0.15) is 11.5 Å². The van der Waals surface area contributed by atoms with Gasteiger partial charge in [0.15, 0.2) is 23.0 Å². The zero-order valence-electron chi connectivity index (χ0n) is 22.3. The molecule has 38 heavy (non-hydrogen) atoms. The average molecular weight is 515 g/mol. The molecule has 0 spiro atoms. The van der Waals surface area contributed by atoms with Gasteiger partial charge in [0.05, 0.1) is 28.4 Å². The smallest absolute Gasteiger partial charge is 0.160 e. The van der Waals surface area contributed by atoms with E-state index in [0.29, 0.717) is 24.3 Å². The molecule has 0 aliphatic carbocycles. The summed E-state index contributed by atoms with van der Waals surface area (Å²) in [6.45, 7) is 0. The minimum Gasteiger partial charge on any atom is -0.504 e. The number of methoxy groups -OCH3 is 4. The Kier molecular flexibility index (Phi) is 8.64. The molecule has 4 aromatic rings. The standard InChI is InChI=1S/C32H34O6/c1-35-25-9-5-7-21(15-25)11-13-23-17-31(37-3)29(33)19-27(23)28-20-30(34)32(38-4)18-24(28)14-12-22-8-6-10-26(16-22)36-2/h5-10,15-20,33-34H,11-14H2,1-4H3. The summed E-state index contributed by atoms with van der Waals surface area (Å²) < 4.78 is 21.6. The van der Waals surface area contributed by atoms with E-state index in [2.05, 4.69) is 12.1 Å². The predicted molar refractivity (Wildman–Crippen MR) is 149 cm³/mol. The van der Waals surface area contributed by atoms with Crippen molar-refractivity contribution in [2.75, 3.05) is 28.4 Å². The molecule has 0 amide bonds. The van der Waals surface area contributed by atoms with Crippen molar-refractivity contribution >= 4 is 0 Å². The molecular formula is C32H34O6. The first-order valence-corrected chi connectivity index (χ1v) is 12.5. The van der Waals surface area contributed by atoms with Gasteiger partial charge in [-0.15, -0.1) is 0 Å². The monoisotopic (exact) mass is 514 g/mol. The fourth-order valence-electron chi connectivity index (χ4n) is 4.68. The zero-order valence-corrected chi connectivity index (χ0v) is 22.3. The van der Waals surface area contributed by atoms with Crippen LogP contribution in [0.3, 0.4) is 0 Å². The summed E-state index contributed by atoms with van der Waals surface area (Å²) in [6, 6.07) is 23.2. The molecule has 6 heteroatoms. The normalized spacial score (nSPS) is 10.7. The lowest BCUT2D eigenvalue weighted by Gasteiger charge is -2.18. The molecule has 4 aromatic carbocycles. The Hall–Kier alpha value is -4.32. The fraction of sp³-hybridized carbons (Fsp3) is 0.250. The summed E-state index contributed by atoms with van der Waals surface area (Å²) in [7, 11) is 6.40. The van der Waals surface area contributed by atoms with Gasteiger partial charge in [-0.2, -0.15) is 0 Å². The second-order valence-electron chi connectivity index (χ2n) is 9.07. The number of aryl methyl sites for hydroxylation is 4. The first-order chi connectivity index (χ1) is 18.4. The van der Waals surface area contributed by atoms with Gasteiger partial charge in [-0.25, -0.2) is 0 Å². The Labute approximate surface area is 224 Å². The van der Waals surface area contributed by atoms with Crippen LogP contribution in [-0.2, 0) is 25.7 Å². The lowest BCUT2D eigenvalue weighted by atomic mass is 9.89. The first kappa shape index (κ1) is 26.7. The van der Waals surface area contributed by atoms with Crippen molar-refractivity contribution in [3.05, 3.63) is 95.1 Å². The maximum Gasteiger partial charge on any atom is 0.160 e. The third-order valence-electron chi connectivity index (χ3n) is 6.73. The van der Waals surface area contributed by atoms with Crippen LogP contribution in [0, 0.1) is 0 Å². The Bertz CT molecular complexity index is 1290. The minimum atomic E-state index is 0.0432. The number of rotatable bonds is 11. The Morgan fingerprint density at radius 1 is 0.500 bits per heavy atom. The van der Waals surface area contributed by atoms with E-state index in [0.717, 1.165) is 57.7 Å². The lowest BCUT2D eigenvalue weighted by Crippen LogP contribution is -2.01. The van der Waals surface area contributed by atoms with Crippen molar-refractivity contribution in [1.82, 2.24) is 0 Å². The molecule has 0 radical (unpaired) electrons. The molecule has 198 valence electrons. The molecule has 0 fully saturated rings. The molecule has 4 rings (SSSR count). The Morgan fingerprint density at radius 2 is 0.921 bits per heavy atom. The first-order valence-electron chi connectivity index (χ1n) is 12.5. The topological polar surface area (TPSA) is 77.4 Å². The largest absolute Gasteiger partial charge is 0.504 e. The lowest BCUT2D eigenvalue weighted by molar-refractivity contribution is 0.372. The molecule has 0 aliphatic rings. The van der Waals surface area contributed by atoms with Crippen LogP contribution < -0.4 is 18.9 Å². The maximum atomic E-state index is 10.7. The fourth-order valence-corrected chi connectivity index (χ4v) is 4.68. The molecule has 0 atom stereocenters. The predicted octanol–water partition coefficient (Wildman–Crippen LogP) is 6.37. The quantitative estimate of drug-likeness (QED) is 0.242. The number of aromatic hydroxyl groups is 2. The number of phenols is 2. The summed E-state index contributed by atoms with van der Waals surface area (Å²) in [6.07, 6.45) is 2.92. The van der Waals surface area contributed by atoms with Crippen molar-refractivity contribution in [2.45, 2.75) is 25.7 Å². The highest BCUT2D eigenvalue weighted by atomic mass is 16.5. The summed E-state index contributed by atoms with van der Waals surface area (Å²) in [5, 5.41) is 21.4. The van der Waals surface area contributed by atoms with Crippen LogP contribution in [0.2, 0.25) is 0 Å². The van der Waals surface area contributed by atoms with Gasteiger partial charge in [0.2, 0.25) is 0 Å². The van der Waals surface area contributed by atoms with Crippen LogP contribution in [0.25, 0.3) is 11.1 Å². The molecule has 6 nitrogen and oxygen atoms in total. The van der Waals surface area contributed by atoms with E-state index < -0.39 is 0 Å². The van der Waals surface area contributed by atoms with E-state index in [1.165, 1.54) is 0 Å². The second-order valence-corrected chi connectivity index (χ2v) is 9.07. The van der Waals surface area contributed by atoms with Gasteiger partial charge < -0.3 is 29.2 Å². The molecule has 0 bridgehead atoms. The second kappa shape index (κ2) is 12.3. The van der Waals surface area contributed by atoms with E-state index >= 15 is 0 Å². The Balaban J connectivity index is 1.74. The summed E-state index contributed by atoms with van der Waals surface area (Å²) in [5.74, 6) is 2.52. The van der Waals surface area contributed by atoms with Crippen molar-refractivity contribution < 1.29 is 29.2 Å². The average Bonchev–Trinajstić information content (AvgIpc) is 2.95. The number of benzene rings is 4. The highest BCUT2D eigenvalue weighted by Crippen LogP contribution is 2.41. The third-order valence-corrected chi connectivity index (χ3v) is 6.73.